The van der Waals surface area contributed by atoms with Gasteiger partial charge in [0, 0.05) is 0 Å². The number of hydrogen-bond donors (Lipinski definition) is 0. The van der Waals surface area contributed by atoms with E-state index < -0.39 is 0 Å². The second-order valence-corrected chi connectivity index (χ2v) is 6.16. The van der Waals surface area contributed by atoms with Crippen molar-refractivity contribution in [1.82, 2.24) is 0 Å². The van der Waals surface area contributed by atoms with Gasteiger partial charge in [0.2, 0.25) is 0 Å². The van der Waals surface area contributed by atoms with Crippen LogP contribution in [0.3, 0.4) is 0 Å². The van der Waals surface area contributed by atoms with E-state index in [0.29, 0.717) is 0 Å². The molecule has 1 rings (SSSR count). The van der Waals surface area contributed by atoms with Crippen LogP contribution in [-0.2, 0) is 0 Å². The quantitative estimate of drug-likeness (QED) is 0.431. The van der Waals surface area contributed by atoms with E-state index in [0.717, 1.165) is 0 Å². The van der Waals surface area contributed by atoms with E-state index >= 15 is 0 Å². The van der Waals surface area contributed by atoms with Gasteiger partial charge in [0.1, 0.15) is 0 Å². The van der Waals surface area contributed by atoms with Crippen LogP contribution >= 0.6 is 0 Å². The molecule has 0 fully saturated rings. The molecule has 23 heavy (non-hydrogen) atoms. The SMILES string of the molecule is C1=CC=CC=CCCCCCCCCCCCC=CC=CC=C1. The average Bonchev–Trinajstić information content (AvgIpc) is 2.56. The maximum Gasteiger partial charge on any atom is -0.0348 e. The van der Waals surface area contributed by atoms with Gasteiger partial charge in [0.05, 0.1) is 0 Å². The second kappa shape index (κ2) is 16.8. The molecule has 0 bridgehead atoms. The van der Waals surface area contributed by atoms with Gasteiger partial charge in [-0.3, -0.25) is 0 Å². The van der Waals surface area contributed by atoms with Crippen molar-refractivity contribution in [2.45, 2.75) is 70.6 Å². The Hall–Kier alpha value is -1.56. The summed E-state index contributed by atoms with van der Waals surface area (Å²) in [7, 11) is 0. The summed E-state index contributed by atoms with van der Waals surface area (Å²) in [5.41, 5.74) is 0. The van der Waals surface area contributed by atoms with Crippen LogP contribution in [0.4, 0.5) is 0 Å². The lowest BCUT2D eigenvalue weighted by atomic mass is 10.1. The van der Waals surface area contributed by atoms with E-state index in [4.69, 9.17) is 0 Å². The monoisotopic (exact) mass is 310 g/mol. The van der Waals surface area contributed by atoms with E-state index in [1.165, 1.54) is 70.6 Å². The Kier molecular flexibility index (Phi) is 14.2. The molecule has 1 aliphatic carbocycles. The summed E-state index contributed by atoms with van der Waals surface area (Å²) in [6.07, 6.45) is 40.5. The Morgan fingerprint density at radius 1 is 0.261 bits per heavy atom. The lowest BCUT2D eigenvalue weighted by Gasteiger charge is -2.01. The molecule has 0 aromatic carbocycles. The van der Waals surface area contributed by atoms with Crippen LogP contribution in [0, 0.1) is 0 Å². The van der Waals surface area contributed by atoms with Crippen molar-refractivity contribution in [2.24, 2.45) is 0 Å². The van der Waals surface area contributed by atoms with E-state index in [1.54, 1.807) is 0 Å². The minimum Gasteiger partial charge on any atom is -0.0845 e. The normalized spacial score (nSPS) is 19.8. The minimum atomic E-state index is 1.21. The first-order chi connectivity index (χ1) is 11.5. The lowest BCUT2D eigenvalue weighted by Crippen LogP contribution is -1.81. The maximum atomic E-state index is 2.28. The first kappa shape index (κ1) is 19.5. The van der Waals surface area contributed by atoms with Gasteiger partial charge in [-0.2, -0.15) is 0 Å². The minimum absolute atomic E-state index is 1.21. The fourth-order valence-corrected chi connectivity index (χ4v) is 2.62. The molecule has 0 heteroatoms. The highest BCUT2D eigenvalue weighted by Gasteiger charge is 1.92. The van der Waals surface area contributed by atoms with E-state index in [-0.39, 0.29) is 0 Å². The molecule has 0 saturated heterocycles. The van der Waals surface area contributed by atoms with Crippen molar-refractivity contribution >= 4 is 0 Å². The summed E-state index contributed by atoms with van der Waals surface area (Å²) in [6, 6.07) is 0. The van der Waals surface area contributed by atoms with Gasteiger partial charge in [0.15, 0.2) is 0 Å². The molecule has 126 valence electrons. The Morgan fingerprint density at radius 2 is 0.522 bits per heavy atom. The molecule has 0 atom stereocenters. The number of allylic oxidation sites excluding steroid dienone is 12. The van der Waals surface area contributed by atoms with Gasteiger partial charge in [-0.05, 0) is 25.7 Å². The van der Waals surface area contributed by atoms with Crippen LogP contribution in [0.1, 0.15) is 70.6 Å². The first-order valence-electron chi connectivity index (χ1n) is 9.48. The molecule has 0 spiro atoms. The fourth-order valence-electron chi connectivity index (χ4n) is 2.62. The van der Waals surface area contributed by atoms with Gasteiger partial charge in [-0.1, -0.05) is 118 Å². The van der Waals surface area contributed by atoms with Gasteiger partial charge >= 0.3 is 0 Å². The molecule has 1 aliphatic rings. The zero-order valence-electron chi connectivity index (χ0n) is 14.7. The van der Waals surface area contributed by atoms with Gasteiger partial charge in [-0.15, -0.1) is 0 Å². The molecule has 0 heterocycles. The Balaban J connectivity index is 2.32. The van der Waals surface area contributed by atoms with E-state index in [9.17, 15) is 0 Å². The van der Waals surface area contributed by atoms with E-state index in [2.05, 4.69) is 72.9 Å². The van der Waals surface area contributed by atoms with Crippen LogP contribution < -0.4 is 0 Å². The van der Waals surface area contributed by atoms with Crippen molar-refractivity contribution in [2.75, 3.05) is 0 Å². The molecule has 0 aliphatic heterocycles. The average molecular weight is 311 g/mol. The predicted molar refractivity (Wildman–Crippen MR) is 106 cm³/mol. The Labute approximate surface area is 144 Å². The standard InChI is InChI=1S/C23H34/c1-2-4-6-8-10-12-14-16-18-20-22-23-21-19-17-15-13-11-9-7-5-3-1/h1-12H,13-23H2. The summed E-state index contributed by atoms with van der Waals surface area (Å²) in [4.78, 5) is 0. The molecule has 0 saturated carbocycles. The van der Waals surface area contributed by atoms with Crippen molar-refractivity contribution in [3.8, 4) is 0 Å². The fraction of sp³-hybridized carbons (Fsp3) is 0.478. The van der Waals surface area contributed by atoms with Crippen LogP contribution in [0.15, 0.2) is 72.9 Å². The summed E-state index contributed by atoms with van der Waals surface area (Å²) in [5, 5.41) is 0. The van der Waals surface area contributed by atoms with Crippen LogP contribution in [0.25, 0.3) is 0 Å². The summed E-state index contributed by atoms with van der Waals surface area (Å²) >= 11 is 0. The molecular formula is C23H34. The molecule has 0 aromatic rings. The Morgan fingerprint density at radius 3 is 0.870 bits per heavy atom. The van der Waals surface area contributed by atoms with Gasteiger partial charge < -0.3 is 0 Å². The Bertz CT molecular complexity index is 375. The summed E-state index contributed by atoms with van der Waals surface area (Å²) in [6.45, 7) is 0. The molecular weight excluding hydrogens is 276 g/mol. The first-order valence-corrected chi connectivity index (χ1v) is 9.48. The molecule has 0 nitrogen and oxygen atoms in total. The topological polar surface area (TPSA) is 0 Å². The maximum absolute atomic E-state index is 2.28. The van der Waals surface area contributed by atoms with Crippen molar-refractivity contribution in [3.05, 3.63) is 72.9 Å². The van der Waals surface area contributed by atoms with Gasteiger partial charge in [-0.25, -0.2) is 0 Å². The third-order valence-corrected chi connectivity index (χ3v) is 4.01. The number of rotatable bonds is 0. The van der Waals surface area contributed by atoms with Gasteiger partial charge in [0.25, 0.3) is 0 Å². The van der Waals surface area contributed by atoms with Crippen molar-refractivity contribution < 1.29 is 0 Å². The highest BCUT2D eigenvalue weighted by molar-refractivity contribution is 5.19. The predicted octanol–water partition coefficient (Wildman–Crippen LogP) is 7.63. The largest absolute Gasteiger partial charge is 0.0845 e. The third-order valence-electron chi connectivity index (χ3n) is 4.01. The summed E-state index contributed by atoms with van der Waals surface area (Å²) in [5.74, 6) is 0. The smallest absolute Gasteiger partial charge is 0.0348 e. The van der Waals surface area contributed by atoms with Crippen LogP contribution in [0.2, 0.25) is 0 Å². The highest BCUT2D eigenvalue weighted by Crippen LogP contribution is 2.11. The second-order valence-electron chi connectivity index (χ2n) is 6.16. The van der Waals surface area contributed by atoms with Crippen molar-refractivity contribution in [3.63, 3.8) is 0 Å². The zero-order chi connectivity index (χ0) is 16.3. The molecule has 0 unspecified atom stereocenters. The van der Waals surface area contributed by atoms with Crippen LogP contribution in [-0.4, -0.2) is 0 Å². The third kappa shape index (κ3) is 15.1. The number of hydrogen-bond acceptors (Lipinski definition) is 0. The lowest BCUT2D eigenvalue weighted by molar-refractivity contribution is 0.561. The summed E-state index contributed by atoms with van der Waals surface area (Å²) < 4.78 is 0. The molecule has 0 aromatic heterocycles. The molecule has 0 amide bonds. The highest BCUT2D eigenvalue weighted by atomic mass is 14.0. The van der Waals surface area contributed by atoms with E-state index in [1.807, 2.05) is 0 Å². The zero-order valence-corrected chi connectivity index (χ0v) is 14.7. The van der Waals surface area contributed by atoms with Crippen molar-refractivity contribution in [1.29, 1.82) is 0 Å². The molecule has 0 N–H and O–H groups in total. The molecule has 0 radical (unpaired) electrons. The van der Waals surface area contributed by atoms with Crippen LogP contribution in [0.5, 0.6) is 0 Å².